The van der Waals surface area contributed by atoms with Gasteiger partial charge >= 0.3 is 0 Å². The zero-order valence-electron chi connectivity index (χ0n) is 36.9. The van der Waals surface area contributed by atoms with Crippen LogP contribution >= 0.6 is 0 Å². The first-order chi connectivity index (χ1) is 33.7. The van der Waals surface area contributed by atoms with Crippen molar-refractivity contribution >= 4 is 56.3 Å². The molecule has 0 radical (unpaired) electrons. The summed E-state index contributed by atoms with van der Waals surface area (Å²) in [6.07, 6.45) is 0. The maximum atomic E-state index is 6.01. The molecule has 0 saturated heterocycles. The van der Waals surface area contributed by atoms with Gasteiger partial charge in [-0.2, -0.15) is 0 Å². The highest BCUT2D eigenvalue weighted by Crippen LogP contribution is 2.40. The molecule has 0 unspecified atom stereocenters. The molecular weight excluding hydrogens is 833 g/mol. The molecule has 0 amide bonds. The minimum atomic E-state index is 0.625. The fourth-order valence-electron chi connectivity index (χ4n) is 8.86. The molecule has 68 heavy (non-hydrogen) atoms. The van der Waals surface area contributed by atoms with Gasteiger partial charge in [0.25, 0.3) is 0 Å². The monoisotopic (exact) mass is 874 g/mol. The van der Waals surface area contributed by atoms with Crippen LogP contribution in [0.2, 0.25) is 0 Å². The van der Waals surface area contributed by atoms with Gasteiger partial charge in [-0.1, -0.05) is 133 Å². The van der Waals surface area contributed by atoms with Gasteiger partial charge in [0, 0.05) is 45.3 Å². The van der Waals surface area contributed by atoms with Crippen molar-refractivity contribution in [3.63, 3.8) is 0 Å². The van der Waals surface area contributed by atoms with E-state index in [1.54, 1.807) is 0 Å². The van der Waals surface area contributed by atoms with Crippen LogP contribution in [0.1, 0.15) is 0 Å². The largest absolute Gasteiger partial charge is 0.436 e. The van der Waals surface area contributed by atoms with Crippen LogP contribution in [0.4, 0.5) is 34.1 Å². The van der Waals surface area contributed by atoms with Crippen molar-refractivity contribution in [3.05, 3.63) is 255 Å². The third-order valence-corrected chi connectivity index (χ3v) is 12.4. The van der Waals surface area contributed by atoms with E-state index in [1.807, 2.05) is 48.5 Å². The number of fused-ring (bicyclic) bond motifs is 2. The second-order valence-electron chi connectivity index (χ2n) is 16.7. The van der Waals surface area contributed by atoms with Crippen molar-refractivity contribution in [2.45, 2.75) is 0 Å². The number of hydrogen-bond donors (Lipinski definition) is 0. The summed E-state index contributed by atoms with van der Waals surface area (Å²) < 4.78 is 12.0. The van der Waals surface area contributed by atoms with Crippen molar-refractivity contribution in [3.8, 4) is 56.3 Å². The average Bonchev–Trinajstić information content (AvgIpc) is 4.06. The first-order valence-electron chi connectivity index (χ1n) is 22.7. The SMILES string of the molecule is c1ccc(N(c2ccc(-c3ccc(-c4nc5ccccc5o4)cc3)cc2)c2ccc(-c3ccc(N(c4ccccc4)c4ccc(-c5ccc(-c6nc7ccccc7o6)cc5)cc4)cc3)cc2)cc1. The molecule has 0 spiro atoms. The summed E-state index contributed by atoms with van der Waals surface area (Å²) in [7, 11) is 0. The zero-order chi connectivity index (χ0) is 45.2. The van der Waals surface area contributed by atoms with Crippen LogP contribution in [0.5, 0.6) is 0 Å². The molecule has 2 heterocycles. The van der Waals surface area contributed by atoms with E-state index in [9.17, 15) is 0 Å². The van der Waals surface area contributed by atoms with Crippen LogP contribution in [-0.2, 0) is 0 Å². The molecule has 0 aliphatic carbocycles. The number of anilines is 6. The number of nitrogens with zero attached hydrogens (tertiary/aromatic N) is 4. The smallest absolute Gasteiger partial charge is 0.227 e. The highest BCUT2D eigenvalue weighted by molar-refractivity contribution is 5.83. The zero-order valence-corrected chi connectivity index (χ0v) is 36.9. The third kappa shape index (κ3) is 7.97. The van der Waals surface area contributed by atoms with E-state index in [4.69, 9.17) is 8.83 Å². The van der Waals surface area contributed by atoms with Gasteiger partial charge in [0.1, 0.15) is 11.0 Å². The minimum absolute atomic E-state index is 0.625. The first-order valence-corrected chi connectivity index (χ1v) is 22.7. The fourth-order valence-corrected chi connectivity index (χ4v) is 8.86. The maximum absolute atomic E-state index is 6.01. The Labute approximate surface area is 394 Å². The first kappa shape index (κ1) is 40.3. The molecule has 6 nitrogen and oxygen atoms in total. The van der Waals surface area contributed by atoms with Crippen molar-refractivity contribution in [1.29, 1.82) is 0 Å². The summed E-state index contributed by atoms with van der Waals surface area (Å²) in [4.78, 5) is 13.9. The lowest BCUT2D eigenvalue weighted by molar-refractivity contribution is 0.619. The predicted molar refractivity (Wildman–Crippen MR) is 278 cm³/mol. The molecule has 0 aliphatic rings. The van der Waals surface area contributed by atoms with Crippen molar-refractivity contribution < 1.29 is 8.83 Å². The summed E-state index contributed by atoms with van der Waals surface area (Å²) in [6.45, 7) is 0. The molecule has 12 rings (SSSR count). The molecule has 0 N–H and O–H groups in total. The topological polar surface area (TPSA) is 58.5 Å². The van der Waals surface area contributed by atoms with Crippen molar-refractivity contribution in [1.82, 2.24) is 9.97 Å². The lowest BCUT2D eigenvalue weighted by Crippen LogP contribution is -2.10. The molecular formula is C62H42N4O2. The van der Waals surface area contributed by atoms with Gasteiger partial charge in [0.15, 0.2) is 11.2 Å². The Kier molecular flexibility index (Phi) is 10.4. The van der Waals surface area contributed by atoms with Gasteiger partial charge in [-0.25, -0.2) is 9.97 Å². The van der Waals surface area contributed by atoms with Crippen LogP contribution < -0.4 is 9.80 Å². The van der Waals surface area contributed by atoms with E-state index in [1.165, 1.54) is 0 Å². The number of aromatic nitrogens is 2. The predicted octanol–water partition coefficient (Wildman–Crippen LogP) is 17.2. The van der Waals surface area contributed by atoms with E-state index in [0.717, 1.165) is 101 Å². The molecule has 0 saturated carbocycles. The van der Waals surface area contributed by atoms with E-state index < -0.39 is 0 Å². The van der Waals surface area contributed by atoms with Gasteiger partial charge < -0.3 is 18.6 Å². The molecule has 0 atom stereocenters. The molecule has 0 aliphatic heterocycles. The fraction of sp³-hybridized carbons (Fsp3) is 0. The lowest BCUT2D eigenvalue weighted by Gasteiger charge is -2.26. The van der Waals surface area contributed by atoms with Gasteiger partial charge in [0.05, 0.1) is 0 Å². The van der Waals surface area contributed by atoms with Crippen molar-refractivity contribution in [2.24, 2.45) is 0 Å². The van der Waals surface area contributed by atoms with E-state index in [2.05, 4.69) is 226 Å². The molecule has 12 aromatic rings. The van der Waals surface area contributed by atoms with Crippen LogP contribution in [-0.4, -0.2) is 9.97 Å². The maximum Gasteiger partial charge on any atom is 0.227 e. The summed E-state index contributed by atoms with van der Waals surface area (Å²) in [5.41, 5.74) is 18.5. The summed E-state index contributed by atoms with van der Waals surface area (Å²) >= 11 is 0. The second kappa shape index (κ2) is 17.6. The molecule has 10 aromatic carbocycles. The highest BCUT2D eigenvalue weighted by atomic mass is 16.4. The molecule has 2 aromatic heterocycles. The van der Waals surface area contributed by atoms with Gasteiger partial charge in [0.2, 0.25) is 11.8 Å². The van der Waals surface area contributed by atoms with Gasteiger partial charge in [-0.3, -0.25) is 0 Å². The van der Waals surface area contributed by atoms with Crippen LogP contribution in [0.25, 0.3) is 78.5 Å². The van der Waals surface area contributed by atoms with E-state index >= 15 is 0 Å². The summed E-state index contributed by atoms with van der Waals surface area (Å²) in [5.74, 6) is 1.25. The quantitative estimate of drug-likeness (QED) is 0.129. The lowest BCUT2D eigenvalue weighted by atomic mass is 10.0. The Bertz CT molecular complexity index is 3310. The second-order valence-corrected chi connectivity index (χ2v) is 16.7. The normalized spacial score (nSPS) is 11.2. The molecule has 0 bridgehead atoms. The average molecular weight is 875 g/mol. The Morgan fingerprint density at radius 2 is 0.456 bits per heavy atom. The molecule has 0 fully saturated rings. The summed E-state index contributed by atoms with van der Waals surface area (Å²) in [5, 5.41) is 0. The van der Waals surface area contributed by atoms with Crippen LogP contribution in [0, 0.1) is 0 Å². The minimum Gasteiger partial charge on any atom is -0.436 e. The molecule has 322 valence electrons. The number of benzene rings is 10. The number of oxazole rings is 2. The number of para-hydroxylation sites is 6. The van der Waals surface area contributed by atoms with Crippen LogP contribution in [0.15, 0.2) is 264 Å². The van der Waals surface area contributed by atoms with Gasteiger partial charge in [-0.05, 0) is 155 Å². The Morgan fingerprint density at radius 3 is 0.750 bits per heavy atom. The summed E-state index contributed by atoms with van der Waals surface area (Å²) in [6, 6.07) is 88.7. The highest BCUT2D eigenvalue weighted by Gasteiger charge is 2.16. The van der Waals surface area contributed by atoms with Crippen molar-refractivity contribution in [2.75, 3.05) is 9.80 Å². The number of hydrogen-bond acceptors (Lipinski definition) is 6. The molecule has 6 heteroatoms. The van der Waals surface area contributed by atoms with Gasteiger partial charge in [-0.15, -0.1) is 0 Å². The van der Waals surface area contributed by atoms with E-state index in [-0.39, 0.29) is 0 Å². The third-order valence-electron chi connectivity index (χ3n) is 12.4. The Balaban J connectivity index is 0.775. The van der Waals surface area contributed by atoms with Crippen LogP contribution in [0.3, 0.4) is 0 Å². The Morgan fingerprint density at radius 1 is 0.221 bits per heavy atom. The Hall–Kier alpha value is -9.26. The van der Waals surface area contributed by atoms with E-state index in [0.29, 0.717) is 11.8 Å². The standard InChI is InChI=1S/C62H42N4O2/c1-3-11-51(12-4-1)65(53-35-27-45(28-36-53)43-19-23-49(24-20-43)61-63-57-15-7-9-17-59(57)67-61)55-39-31-47(32-40-55)48-33-41-56(42-34-48)66(52-13-5-2-6-14-52)54-37-29-46(30-38-54)44-21-25-50(26-22-44)62-64-58-16-8-10-18-60(58)68-62/h1-42H. The number of rotatable bonds is 11.